The van der Waals surface area contributed by atoms with Gasteiger partial charge in [-0.3, -0.25) is 9.58 Å². The molecule has 1 saturated heterocycles. The van der Waals surface area contributed by atoms with Gasteiger partial charge in [0, 0.05) is 36.1 Å². The van der Waals surface area contributed by atoms with Crippen LogP contribution in [0.4, 0.5) is 4.79 Å². The summed E-state index contributed by atoms with van der Waals surface area (Å²) in [5.41, 5.74) is 9.77. The quantitative estimate of drug-likeness (QED) is 0.790. The van der Waals surface area contributed by atoms with E-state index in [0.717, 1.165) is 6.42 Å². The Morgan fingerprint density at radius 1 is 1.21 bits per heavy atom. The predicted molar refractivity (Wildman–Crippen MR) is 120 cm³/mol. The molecule has 2 atom stereocenters. The van der Waals surface area contributed by atoms with Crippen LogP contribution in [0.25, 0.3) is 10.9 Å². The lowest BCUT2D eigenvalue weighted by atomic mass is 9.74. The van der Waals surface area contributed by atoms with E-state index in [0.29, 0.717) is 25.0 Å². The molecule has 1 aromatic carbocycles. The topological polar surface area (TPSA) is 40.5 Å². The number of piperidine rings is 1. The van der Waals surface area contributed by atoms with Gasteiger partial charge in [0.25, 0.3) is 0 Å². The predicted octanol–water partition coefficient (Wildman–Crippen LogP) is 4.78. The maximum Gasteiger partial charge on any atom is 0.336 e. The lowest BCUT2D eigenvalue weighted by molar-refractivity contribution is 0.124. The molecule has 0 spiro atoms. The van der Waals surface area contributed by atoms with Crippen LogP contribution in [-0.2, 0) is 6.42 Å². The van der Waals surface area contributed by atoms with E-state index in [1.165, 1.54) is 65.6 Å². The van der Waals surface area contributed by atoms with Gasteiger partial charge in [0.15, 0.2) is 0 Å². The number of rotatable bonds is 5. The van der Waals surface area contributed by atoms with Crippen molar-refractivity contribution in [3.05, 3.63) is 34.5 Å². The molecule has 5 nitrogen and oxygen atoms in total. The molecule has 2 aliphatic rings. The van der Waals surface area contributed by atoms with Gasteiger partial charge in [0.2, 0.25) is 0 Å². The van der Waals surface area contributed by atoms with Crippen molar-refractivity contribution in [2.75, 3.05) is 31.6 Å². The number of aryl methyl sites for hydroxylation is 1. The Morgan fingerprint density at radius 3 is 2.66 bits per heavy atom. The number of likely N-dealkylation sites (tertiary alicyclic amines) is 1. The number of amides is 2. The first kappa shape index (κ1) is 20.3. The van der Waals surface area contributed by atoms with Gasteiger partial charge in [-0.15, -0.1) is 0 Å². The Hall–Kier alpha value is -2.01. The first-order chi connectivity index (χ1) is 14.0. The maximum atomic E-state index is 12.8. The summed E-state index contributed by atoms with van der Waals surface area (Å²) < 4.78 is 2.06. The average Bonchev–Trinajstić information content (AvgIpc) is 2.96. The lowest BCUT2D eigenvalue weighted by Crippen LogP contribution is -2.47. The fraction of sp³-hybridized carbons (Fsp3) is 0.625. The van der Waals surface area contributed by atoms with Crippen molar-refractivity contribution in [3.63, 3.8) is 0 Å². The Morgan fingerprint density at radius 2 is 1.97 bits per heavy atom. The second-order valence-electron chi connectivity index (χ2n) is 8.79. The highest BCUT2D eigenvalue weighted by molar-refractivity contribution is 5.93. The number of fused-ring (bicyclic) bond motifs is 2. The minimum absolute atomic E-state index is 0.0196. The normalized spacial score (nSPS) is 21.3. The van der Waals surface area contributed by atoms with Crippen LogP contribution in [0.1, 0.15) is 68.3 Å². The van der Waals surface area contributed by atoms with E-state index in [4.69, 9.17) is 0 Å². The number of hydrogen-bond donors (Lipinski definition) is 1. The molecule has 2 heterocycles. The smallest absolute Gasteiger partial charge is 0.324 e. The highest BCUT2D eigenvalue weighted by Gasteiger charge is 2.38. The molecule has 158 valence electrons. The van der Waals surface area contributed by atoms with Crippen LogP contribution >= 0.6 is 0 Å². The monoisotopic (exact) mass is 396 g/mol. The lowest BCUT2D eigenvalue weighted by Gasteiger charge is -2.44. The molecule has 1 aromatic heterocycles. The van der Waals surface area contributed by atoms with Crippen LogP contribution in [-0.4, -0.2) is 52.7 Å². The third kappa shape index (κ3) is 3.33. The molecular weight excluding hydrogens is 360 g/mol. The van der Waals surface area contributed by atoms with Crippen LogP contribution in [0.15, 0.2) is 12.1 Å². The van der Waals surface area contributed by atoms with Crippen LogP contribution in [0.3, 0.4) is 0 Å². The van der Waals surface area contributed by atoms with E-state index < -0.39 is 0 Å². The number of nitrogens with zero attached hydrogens (tertiary/aromatic N) is 3. The number of nitrogens with one attached hydrogen (secondary N) is 1. The number of aromatic nitrogens is 1. The Balaban J connectivity index is 1.82. The van der Waals surface area contributed by atoms with Crippen molar-refractivity contribution in [1.29, 1.82) is 0 Å². The molecule has 0 radical (unpaired) electrons. The summed E-state index contributed by atoms with van der Waals surface area (Å²) in [5, 5.41) is 1.40. The minimum atomic E-state index is -0.0196. The van der Waals surface area contributed by atoms with Crippen LogP contribution in [0.5, 0.6) is 0 Å². The van der Waals surface area contributed by atoms with E-state index in [-0.39, 0.29) is 6.03 Å². The van der Waals surface area contributed by atoms with Crippen molar-refractivity contribution in [2.24, 2.45) is 0 Å². The molecule has 1 N–H and O–H groups in total. The van der Waals surface area contributed by atoms with Gasteiger partial charge >= 0.3 is 6.03 Å². The van der Waals surface area contributed by atoms with Crippen molar-refractivity contribution in [1.82, 2.24) is 14.5 Å². The highest BCUT2D eigenvalue weighted by atomic mass is 16.2. The average molecular weight is 397 g/mol. The van der Waals surface area contributed by atoms with E-state index in [9.17, 15) is 4.79 Å². The fourth-order valence-corrected chi connectivity index (χ4v) is 5.70. The van der Waals surface area contributed by atoms with Gasteiger partial charge < -0.3 is 4.90 Å². The summed E-state index contributed by atoms with van der Waals surface area (Å²) in [4.78, 5) is 17.4. The highest BCUT2D eigenvalue weighted by Crippen LogP contribution is 2.45. The summed E-state index contributed by atoms with van der Waals surface area (Å²) in [6, 6.07) is 5.22. The molecule has 0 bridgehead atoms. The number of carbonyl (C=O) groups excluding carboxylic acids is 1. The first-order valence-electron chi connectivity index (χ1n) is 11.4. The van der Waals surface area contributed by atoms with Crippen LogP contribution in [0.2, 0.25) is 0 Å². The fourth-order valence-electron chi connectivity index (χ4n) is 5.70. The molecule has 2 aromatic rings. The molecule has 1 aliphatic carbocycles. The molecule has 4 rings (SSSR count). The van der Waals surface area contributed by atoms with E-state index >= 15 is 0 Å². The molecule has 0 saturated carbocycles. The van der Waals surface area contributed by atoms with Gasteiger partial charge in [0.05, 0.1) is 5.52 Å². The van der Waals surface area contributed by atoms with Gasteiger partial charge in [-0.05, 0) is 89.2 Å². The van der Waals surface area contributed by atoms with Gasteiger partial charge in [0.1, 0.15) is 0 Å². The molecular formula is C24H36N4O. The third-order valence-electron chi connectivity index (χ3n) is 7.08. The summed E-state index contributed by atoms with van der Waals surface area (Å²) in [5.74, 6) is 0.610. The van der Waals surface area contributed by atoms with Crippen LogP contribution in [0, 0.1) is 13.8 Å². The van der Waals surface area contributed by atoms with Crippen LogP contribution < -0.4 is 5.43 Å². The van der Waals surface area contributed by atoms with E-state index in [2.05, 4.69) is 47.9 Å². The van der Waals surface area contributed by atoms with Crippen molar-refractivity contribution >= 4 is 16.9 Å². The van der Waals surface area contributed by atoms with Gasteiger partial charge in [-0.25, -0.2) is 10.2 Å². The first-order valence-corrected chi connectivity index (χ1v) is 11.4. The van der Waals surface area contributed by atoms with Gasteiger partial charge in [-0.2, -0.15) is 0 Å². The standard InChI is InChI=1S/C24H36N4O/c1-6-11-27-12-9-10-18-20-13-16(4)14-22-23(20)19(15-21(18)27)17(5)28(22)25-24(29)26(7-2)8-3/h13-14,18,21H,6-12,15H2,1-5H3,(H,25,29)/t18-,21-/m1/s1. The largest absolute Gasteiger partial charge is 0.336 e. The van der Waals surface area contributed by atoms with E-state index in [1.54, 1.807) is 0 Å². The number of urea groups is 1. The Bertz CT molecular complexity index is 909. The Kier molecular flexibility index (Phi) is 5.60. The van der Waals surface area contributed by atoms with Crippen molar-refractivity contribution in [3.8, 4) is 0 Å². The second-order valence-corrected chi connectivity index (χ2v) is 8.79. The summed E-state index contributed by atoms with van der Waals surface area (Å²) in [6.45, 7) is 14.5. The summed E-state index contributed by atoms with van der Waals surface area (Å²) in [7, 11) is 0. The Labute approximate surface area is 175 Å². The molecule has 1 aliphatic heterocycles. The van der Waals surface area contributed by atoms with Crippen molar-refractivity contribution in [2.45, 2.75) is 72.3 Å². The van der Waals surface area contributed by atoms with Gasteiger partial charge in [-0.1, -0.05) is 13.0 Å². The molecule has 1 fully saturated rings. The summed E-state index contributed by atoms with van der Waals surface area (Å²) in [6.07, 6.45) is 4.86. The maximum absolute atomic E-state index is 12.8. The van der Waals surface area contributed by atoms with Crippen molar-refractivity contribution < 1.29 is 4.79 Å². The second kappa shape index (κ2) is 8.02. The zero-order valence-electron chi connectivity index (χ0n) is 18.7. The summed E-state index contributed by atoms with van der Waals surface area (Å²) >= 11 is 0. The molecule has 29 heavy (non-hydrogen) atoms. The zero-order chi connectivity index (χ0) is 20.7. The SMILES string of the molecule is CCCN1CCC[C@@H]2c3cc(C)cc4c3c(c(C)n4NC(=O)N(CC)CC)C[C@H]21. The molecule has 5 heteroatoms. The third-order valence-corrected chi connectivity index (χ3v) is 7.08. The number of hydrogen-bond acceptors (Lipinski definition) is 2. The molecule has 2 amide bonds. The van der Waals surface area contributed by atoms with E-state index in [1.807, 2.05) is 18.7 Å². The molecule has 0 unspecified atom stereocenters. The zero-order valence-corrected chi connectivity index (χ0v) is 18.7. The minimum Gasteiger partial charge on any atom is -0.324 e. The number of benzene rings is 1. The number of carbonyl (C=O) groups is 1.